The Morgan fingerprint density at radius 2 is 2.27 bits per heavy atom. The van der Waals surface area contributed by atoms with Crippen LogP contribution in [0.2, 0.25) is 0 Å². The molecule has 0 unspecified atom stereocenters. The molecule has 0 aromatic carbocycles. The van der Waals surface area contributed by atoms with Crippen LogP contribution in [0.5, 0.6) is 0 Å². The summed E-state index contributed by atoms with van der Waals surface area (Å²) in [6.07, 6.45) is 1.90. The Hall–Kier alpha value is -1.31. The molecule has 1 heterocycles. The van der Waals surface area contributed by atoms with E-state index in [4.69, 9.17) is 4.42 Å². The van der Waals surface area contributed by atoms with Gasteiger partial charge in [-0.25, -0.2) is 4.79 Å². The zero-order chi connectivity index (χ0) is 8.27. The standard InChI is InChI=1S/C9H10O2/c1-3-7(2)8-5-4-6-9(10)11-8/h3-6H,1-2H3/b7-3-. The van der Waals surface area contributed by atoms with Crippen LogP contribution in [0.15, 0.2) is 33.5 Å². The number of hydrogen-bond acceptors (Lipinski definition) is 2. The molecule has 0 bridgehead atoms. The van der Waals surface area contributed by atoms with Crippen LogP contribution in [0.25, 0.3) is 5.57 Å². The zero-order valence-corrected chi connectivity index (χ0v) is 6.63. The summed E-state index contributed by atoms with van der Waals surface area (Å²) in [7, 11) is 0. The molecule has 0 radical (unpaired) electrons. The number of rotatable bonds is 1. The first-order valence-electron chi connectivity index (χ1n) is 3.47. The summed E-state index contributed by atoms with van der Waals surface area (Å²) < 4.78 is 4.91. The highest BCUT2D eigenvalue weighted by Gasteiger charge is 1.95. The predicted molar refractivity (Wildman–Crippen MR) is 44.3 cm³/mol. The Labute approximate surface area is 65.2 Å². The van der Waals surface area contributed by atoms with Crippen LogP contribution in [0.1, 0.15) is 19.6 Å². The van der Waals surface area contributed by atoms with Gasteiger partial charge in [-0.1, -0.05) is 12.1 Å². The summed E-state index contributed by atoms with van der Waals surface area (Å²) in [6.45, 7) is 3.81. The molecule has 2 heteroatoms. The van der Waals surface area contributed by atoms with Gasteiger partial charge in [0.2, 0.25) is 0 Å². The SMILES string of the molecule is C/C=C(/C)c1cccc(=O)o1. The molecule has 1 aromatic rings. The van der Waals surface area contributed by atoms with Gasteiger partial charge < -0.3 is 4.42 Å². The van der Waals surface area contributed by atoms with Crippen LogP contribution in [0, 0.1) is 0 Å². The van der Waals surface area contributed by atoms with E-state index < -0.39 is 0 Å². The Kier molecular flexibility index (Phi) is 2.26. The van der Waals surface area contributed by atoms with Gasteiger partial charge in [-0.2, -0.15) is 0 Å². The summed E-state index contributed by atoms with van der Waals surface area (Å²) in [4.78, 5) is 10.7. The topological polar surface area (TPSA) is 30.2 Å². The van der Waals surface area contributed by atoms with Crippen LogP contribution in [0.4, 0.5) is 0 Å². The molecule has 0 amide bonds. The minimum atomic E-state index is -0.302. The Morgan fingerprint density at radius 1 is 1.55 bits per heavy atom. The summed E-state index contributed by atoms with van der Waals surface area (Å²) in [5.41, 5.74) is 0.673. The van der Waals surface area contributed by atoms with E-state index in [2.05, 4.69) is 0 Å². The van der Waals surface area contributed by atoms with Gasteiger partial charge in [-0.15, -0.1) is 0 Å². The summed E-state index contributed by atoms with van der Waals surface area (Å²) >= 11 is 0. The van der Waals surface area contributed by atoms with E-state index in [-0.39, 0.29) is 5.63 Å². The van der Waals surface area contributed by atoms with Crippen molar-refractivity contribution in [3.63, 3.8) is 0 Å². The van der Waals surface area contributed by atoms with Gasteiger partial charge in [0.05, 0.1) is 0 Å². The second-order valence-corrected chi connectivity index (χ2v) is 2.28. The first-order valence-corrected chi connectivity index (χ1v) is 3.47. The molecule has 2 nitrogen and oxygen atoms in total. The highest BCUT2D eigenvalue weighted by molar-refractivity contribution is 5.57. The van der Waals surface area contributed by atoms with Crippen LogP contribution >= 0.6 is 0 Å². The van der Waals surface area contributed by atoms with Crippen molar-refractivity contribution in [3.05, 3.63) is 40.5 Å². The lowest BCUT2D eigenvalue weighted by Crippen LogP contribution is -1.96. The van der Waals surface area contributed by atoms with Crippen molar-refractivity contribution >= 4 is 5.57 Å². The van der Waals surface area contributed by atoms with E-state index in [0.29, 0.717) is 5.76 Å². The van der Waals surface area contributed by atoms with E-state index in [0.717, 1.165) is 5.57 Å². The van der Waals surface area contributed by atoms with Gasteiger partial charge in [0.15, 0.2) is 0 Å². The largest absolute Gasteiger partial charge is 0.423 e. The van der Waals surface area contributed by atoms with Gasteiger partial charge in [0, 0.05) is 6.07 Å². The third-order valence-electron chi connectivity index (χ3n) is 1.51. The molecular formula is C9H10O2. The molecule has 0 aliphatic carbocycles. The fraction of sp³-hybridized carbons (Fsp3) is 0.222. The van der Waals surface area contributed by atoms with Gasteiger partial charge in [0.1, 0.15) is 5.76 Å². The van der Waals surface area contributed by atoms with E-state index in [1.54, 1.807) is 12.1 Å². The van der Waals surface area contributed by atoms with E-state index in [1.807, 2.05) is 19.9 Å². The molecule has 0 aliphatic rings. The minimum Gasteiger partial charge on any atom is -0.423 e. The number of hydrogen-bond donors (Lipinski definition) is 0. The van der Waals surface area contributed by atoms with Gasteiger partial charge in [-0.05, 0) is 25.5 Å². The third-order valence-corrected chi connectivity index (χ3v) is 1.51. The summed E-state index contributed by atoms with van der Waals surface area (Å²) in [5, 5.41) is 0. The summed E-state index contributed by atoms with van der Waals surface area (Å²) in [5.74, 6) is 0.639. The average molecular weight is 150 g/mol. The molecule has 58 valence electrons. The highest BCUT2D eigenvalue weighted by atomic mass is 16.4. The maximum absolute atomic E-state index is 10.7. The molecule has 0 aliphatic heterocycles. The van der Waals surface area contributed by atoms with E-state index in [1.165, 1.54) is 6.07 Å². The first-order chi connectivity index (χ1) is 5.24. The second-order valence-electron chi connectivity index (χ2n) is 2.28. The van der Waals surface area contributed by atoms with Crippen molar-refractivity contribution in [1.29, 1.82) is 0 Å². The van der Waals surface area contributed by atoms with E-state index >= 15 is 0 Å². The molecule has 1 aromatic heterocycles. The Bertz CT molecular complexity index is 320. The lowest BCUT2D eigenvalue weighted by Gasteiger charge is -1.95. The molecule has 0 N–H and O–H groups in total. The van der Waals surface area contributed by atoms with Gasteiger partial charge in [-0.3, -0.25) is 0 Å². The van der Waals surface area contributed by atoms with Crippen molar-refractivity contribution < 1.29 is 4.42 Å². The van der Waals surface area contributed by atoms with Crippen LogP contribution in [-0.4, -0.2) is 0 Å². The first kappa shape index (κ1) is 7.79. The van der Waals surface area contributed by atoms with E-state index in [9.17, 15) is 4.79 Å². The summed E-state index contributed by atoms with van der Waals surface area (Å²) in [6, 6.07) is 4.86. The fourth-order valence-electron chi connectivity index (χ4n) is 0.745. The highest BCUT2D eigenvalue weighted by Crippen LogP contribution is 2.09. The number of allylic oxidation sites excluding steroid dienone is 2. The van der Waals surface area contributed by atoms with Crippen LogP contribution < -0.4 is 5.63 Å². The smallest absolute Gasteiger partial charge is 0.336 e. The van der Waals surface area contributed by atoms with Crippen LogP contribution in [0.3, 0.4) is 0 Å². The molecule has 0 fully saturated rings. The average Bonchev–Trinajstić information content (AvgIpc) is 2.03. The molecule has 0 spiro atoms. The zero-order valence-electron chi connectivity index (χ0n) is 6.63. The maximum Gasteiger partial charge on any atom is 0.336 e. The molecule has 1 rings (SSSR count). The Balaban J connectivity index is 3.16. The van der Waals surface area contributed by atoms with Crippen molar-refractivity contribution in [2.75, 3.05) is 0 Å². The Morgan fingerprint density at radius 3 is 2.82 bits per heavy atom. The third kappa shape index (κ3) is 1.80. The van der Waals surface area contributed by atoms with Crippen LogP contribution in [-0.2, 0) is 0 Å². The van der Waals surface area contributed by atoms with Crippen molar-refractivity contribution in [1.82, 2.24) is 0 Å². The maximum atomic E-state index is 10.7. The van der Waals surface area contributed by atoms with Crippen molar-refractivity contribution in [3.8, 4) is 0 Å². The molecular weight excluding hydrogens is 140 g/mol. The second kappa shape index (κ2) is 3.19. The minimum absolute atomic E-state index is 0.302. The quantitative estimate of drug-likeness (QED) is 0.613. The normalized spacial score (nSPS) is 11.6. The molecule has 0 atom stereocenters. The van der Waals surface area contributed by atoms with Gasteiger partial charge >= 0.3 is 5.63 Å². The van der Waals surface area contributed by atoms with Gasteiger partial charge in [0.25, 0.3) is 0 Å². The predicted octanol–water partition coefficient (Wildman–Crippen LogP) is 2.06. The fourth-order valence-corrected chi connectivity index (χ4v) is 0.745. The molecule has 11 heavy (non-hydrogen) atoms. The lowest BCUT2D eigenvalue weighted by atomic mass is 10.2. The van der Waals surface area contributed by atoms with Crippen molar-refractivity contribution in [2.24, 2.45) is 0 Å². The molecule has 0 saturated carbocycles. The molecule has 0 saturated heterocycles. The monoisotopic (exact) mass is 150 g/mol. The lowest BCUT2D eigenvalue weighted by molar-refractivity contribution is 0.497. The van der Waals surface area contributed by atoms with Crippen molar-refractivity contribution in [2.45, 2.75) is 13.8 Å².